The molecule has 1 aromatic carbocycles. The maximum absolute atomic E-state index is 13.1. The van der Waals surface area contributed by atoms with Crippen molar-refractivity contribution in [2.45, 2.75) is 13.5 Å². The van der Waals surface area contributed by atoms with E-state index >= 15 is 0 Å². The van der Waals surface area contributed by atoms with Gasteiger partial charge in [-0.25, -0.2) is 4.39 Å². The summed E-state index contributed by atoms with van der Waals surface area (Å²) in [5.74, 6) is -1.17. The van der Waals surface area contributed by atoms with Gasteiger partial charge in [-0.05, 0) is 52.7 Å². The number of rotatable bonds is 4. The molecule has 0 saturated heterocycles. The number of amides is 2. The summed E-state index contributed by atoms with van der Waals surface area (Å²) >= 11 is 4.52. The van der Waals surface area contributed by atoms with Gasteiger partial charge in [-0.15, -0.1) is 11.3 Å². The number of hydrogen-bond acceptors (Lipinski definition) is 4. The molecule has 10 heteroatoms. The predicted octanol–water partition coefficient (Wildman–Crippen LogP) is 3.76. The first-order valence-corrected chi connectivity index (χ1v) is 10.2. The highest BCUT2D eigenvalue weighted by atomic mass is 79.9. The minimum Gasteiger partial charge on any atom is -0.356 e. The maximum atomic E-state index is 13.1. The number of nitrogens with zero attached hydrogens (tertiary/aromatic N) is 2. The number of aryl methyl sites for hydroxylation is 1. The standard InChI is InChI=1S/C19H15BrFN5O2S/c1-10-14-7-16(18(28)24-23-17(27)15-6-12(20)8-22-15)29-19(14)26(25-10)9-11-2-4-13(21)5-3-11/h2-8,22H,9H2,1H3,(H,23,27)(H,24,28). The summed E-state index contributed by atoms with van der Waals surface area (Å²) in [5, 5.41) is 5.37. The molecule has 4 rings (SSSR count). The molecule has 0 aliphatic carbocycles. The largest absolute Gasteiger partial charge is 0.356 e. The number of nitrogens with one attached hydrogen (secondary N) is 3. The monoisotopic (exact) mass is 475 g/mol. The Morgan fingerprint density at radius 3 is 2.62 bits per heavy atom. The molecule has 0 fully saturated rings. The van der Waals surface area contributed by atoms with Crippen LogP contribution in [0.2, 0.25) is 0 Å². The molecule has 0 aliphatic heterocycles. The summed E-state index contributed by atoms with van der Waals surface area (Å²) in [6.45, 7) is 2.33. The number of halogens is 2. The second-order valence-electron chi connectivity index (χ2n) is 6.34. The highest BCUT2D eigenvalue weighted by Crippen LogP contribution is 2.28. The van der Waals surface area contributed by atoms with Gasteiger partial charge in [0.1, 0.15) is 16.3 Å². The van der Waals surface area contributed by atoms with Crippen LogP contribution in [0.4, 0.5) is 4.39 Å². The lowest BCUT2D eigenvalue weighted by Crippen LogP contribution is -2.41. The van der Waals surface area contributed by atoms with E-state index in [1.807, 2.05) is 6.92 Å². The van der Waals surface area contributed by atoms with Crippen molar-refractivity contribution in [1.29, 1.82) is 0 Å². The molecule has 0 unspecified atom stereocenters. The molecular weight excluding hydrogens is 461 g/mol. The molecule has 3 aromatic heterocycles. The van der Waals surface area contributed by atoms with Gasteiger partial charge in [0.25, 0.3) is 11.8 Å². The van der Waals surface area contributed by atoms with Crippen LogP contribution in [0.1, 0.15) is 31.4 Å². The maximum Gasteiger partial charge on any atom is 0.286 e. The van der Waals surface area contributed by atoms with Gasteiger partial charge < -0.3 is 4.98 Å². The summed E-state index contributed by atoms with van der Waals surface area (Å²) in [4.78, 5) is 28.6. The van der Waals surface area contributed by atoms with E-state index in [0.717, 1.165) is 25.9 Å². The predicted molar refractivity (Wildman–Crippen MR) is 111 cm³/mol. The molecule has 148 valence electrons. The SMILES string of the molecule is Cc1nn(Cc2ccc(F)cc2)c2sc(C(=O)NNC(=O)c3cc(Br)c[nH]3)cc12. The van der Waals surface area contributed by atoms with Crippen LogP contribution in [0.3, 0.4) is 0 Å². The second-order valence-corrected chi connectivity index (χ2v) is 8.29. The smallest absolute Gasteiger partial charge is 0.286 e. The number of thiophene rings is 1. The first-order valence-electron chi connectivity index (χ1n) is 8.56. The molecule has 3 heterocycles. The van der Waals surface area contributed by atoms with Crippen molar-refractivity contribution >= 4 is 49.3 Å². The molecule has 3 N–H and O–H groups in total. The molecule has 7 nitrogen and oxygen atoms in total. The topological polar surface area (TPSA) is 91.8 Å². The minimum absolute atomic E-state index is 0.292. The van der Waals surface area contributed by atoms with E-state index in [9.17, 15) is 14.0 Å². The van der Waals surface area contributed by atoms with Crippen LogP contribution < -0.4 is 10.9 Å². The fourth-order valence-corrected chi connectivity index (χ4v) is 4.24. The number of aromatic amines is 1. The van der Waals surface area contributed by atoms with Crippen LogP contribution >= 0.6 is 27.3 Å². The van der Waals surface area contributed by atoms with Crippen LogP contribution in [0.25, 0.3) is 10.2 Å². The van der Waals surface area contributed by atoms with Crippen molar-refractivity contribution in [1.82, 2.24) is 25.6 Å². The van der Waals surface area contributed by atoms with E-state index in [1.165, 1.54) is 23.5 Å². The van der Waals surface area contributed by atoms with Gasteiger partial charge in [0, 0.05) is 16.1 Å². The van der Waals surface area contributed by atoms with Crippen molar-refractivity contribution in [3.63, 3.8) is 0 Å². The average molecular weight is 476 g/mol. The molecule has 4 aromatic rings. The van der Waals surface area contributed by atoms with Gasteiger partial charge in [0.05, 0.1) is 17.1 Å². The van der Waals surface area contributed by atoms with Gasteiger partial charge in [0.2, 0.25) is 0 Å². The Labute approximate surface area is 177 Å². The van der Waals surface area contributed by atoms with Gasteiger partial charge in [-0.3, -0.25) is 25.1 Å². The van der Waals surface area contributed by atoms with E-state index in [1.54, 1.807) is 35.1 Å². The summed E-state index contributed by atoms with van der Waals surface area (Å²) in [5.41, 5.74) is 6.81. The third-order valence-electron chi connectivity index (χ3n) is 4.26. The quantitative estimate of drug-likeness (QED) is 0.392. The Hall–Kier alpha value is -2.98. The summed E-state index contributed by atoms with van der Waals surface area (Å²) in [7, 11) is 0. The Balaban J connectivity index is 1.50. The number of H-pyrrole nitrogens is 1. The molecule has 0 bridgehead atoms. The lowest BCUT2D eigenvalue weighted by atomic mass is 10.2. The highest BCUT2D eigenvalue weighted by Gasteiger charge is 2.17. The zero-order valence-electron chi connectivity index (χ0n) is 15.1. The first kappa shape index (κ1) is 19.3. The Bertz CT molecular complexity index is 1210. The molecule has 0 atom stereocenters. The minimum atomic E-state index is -0.455. The first-order chi connectivity index (χ1) is 13.9. The zero-order valence-corrected chi connectivity index (χ0v) is 17.5. The fourth-order valence-electron chi connectivity index (χ4n) is 2.84. The number of carbonyl (C=O) groups is 2. The second kappa shape index (κ2) is 7.80. The Kier molecular flexibility index (Phi) is 5.20. The average Bonchev–Trinajstić information content (AvgIpc) is 3.39. The normalized spacial score (nSPS) is 11.0. The third-order valence-corrected chi connectivity index (χ3v) is 5.86. The van der Waals surface area contributed by atoms with Crippen molar-refractivity contribution in [3.05, 3.63) is 74.7 Å². The highest BCUT2D eigenvalue weighted by molar-refractivity contribution is 9.10. The van der Waals surface area contributed by atoms with Crippen LogP contribution in [-0.2, 0) is 6.54 Å². The van der Waals surface area contributed by atoms with Gasteiger partial charge in [0.15, 0.2) is 0 Å². The molecule has 0 spiro atoms. The van der Waals surface area contributed by atoms with Crippen LogP contribution in [0.5, 0.6) is 0 Å². The van der Waals surface area contributed by atoms with Crippen molar-refractivity contribution in [2.24, 2.45) is 0 Å². The molecule has 0 saturated carbocycles. The van der Waals surface area contributed by atoms with Gasteiger partial charge in [-0.1, -0.05) is 12.1 Å². The van der Waals surface area contributed by atoms with E-state index in [4.69, 9.17) is 0 Å². The van der Waals surface area contributed by atoms with E-state index in [0.29, 0.717) is 17.1 Å². The van der Waals surface area contributed by atoms with Crippen molar-refractivity contribution < 1.29 is 14.0 Å². The van der Waals surface area contributed by atoms with Crippen LogP contribution in [0.15, 0.2) is 47.1 Å². The number of aromatic nitrogens is 3. The number of fused-ring (bicyclic) bond motifs is 1. The summed E-state index contributed by atoms with van der Waals surface area (Å²) in [6, 6.07) is 9.56. The number of hydrazine groups is 1. The molecule has 0 radical (unpaired) electrons. The number of benzene rings is 1. The lowest BCUT2D eigenvalue weighted by molar-refractivity contribution is 0.0846. The molecule has 0 aliphatic rings. The van der Waals surface area contributed by atoms with E-state index in [2.05, 4.69) is 36.9 Å². The number of hydrogen-bond donors (Lipinski definition) is 3. The third kappa shape index (κ3) is 4.08. The summed E-state index contributed by atoms with van der Waals surface area (Å²) < 4.78 is 15.6. The molecule has 2 amide bonds. The Morgan fingerprint density at radius 2 is 1.93 bits per heavy atom. The molecular formula is C19H15BrFN5O2S. The summed E-state index contributed by atoms with van der Waals surface area (Å²) in [6.07, 6.45) is 1.62. The molecule has 29 heavy (non-hydrogen) atoms. The van der Waals surface area contributed by atoms with Crippen molar-refractivity contribution in [2.75, 3.05) is 0 Å². The van der Waals surface area contributed by atoms with Crippen LogP contribution in [0, 0.1) is 12.7 Å². The van der Waals surface area contributed by atoms with Gasteiger partial charge >= 0.3 is 0 Å². The van der Waals surface area contributed by atoms with Crippen molar-refractivity contribution in [3.8, 4) is 0 Å². The Morgan fingerprint density at radius 1 is 1.21 bits per heavy atom. The fraction of sp³-hybridized carbons (Fsp3) is 0.105. The zero-order chi connectivity index (χ0) is 20.5. The number of carbonyl (C=O) groups excluding carboxylic acids is 2. The van der Waals surface area contributed by atoms with Crippen LogP contribution in [-0.4, -0.2) is 26.6 Å². The van der Waals surface area contributed by atoms with Gasteiger partial charge in [-0.2, -0.15) is 5.10 Å². The van der Waals surface area contributed by atoms with E-state index in [-0.39, 0.29) is 5.82 Å². The van der Waals surface area contributed by atoms with E-state index < -0.39 is 11.8 Å². The lowest BCUT2D eigenvalue weighted by Gasteiger charge is -2.05.